The second kappa shape index (κ2) is 19.6. The molecule has 0 spiro atoms. The van der Waals surface area contributed by atoms with Crippen LogP contribution in [-0.2, 0) is 32.0 Å². The Hall–Kier alpha value is -6.39. The number of amides is 4. The summed E-state index contributed by atoms with van der Waals surface area (Å²) in [4.78, 5) is 65.9. The van der Waals surface area contributed by atoms with Crippen LogP contribution < -0.4 is 20.9 Å². The molecule has 3 aliphatic rings. The minimum atomic E-state index is -0.937. The van der Waals surface area contributed by atoms with Gasteiger partial charge in [-0.1, -0.05) is 81.4 Å². The first-order chi connectivity index (χ1) is 31.6. The number of carbonyl (C=O) groups excluding carboxylic acids is 4. The second-order valence-corrected chi connectivity index (χ2v) is 19.6. The molecule has 2 fully saturated rings. The lowest BCUT2D eigenvalue weighted by atomic mass is 9.85. The van der Waals surface area contributed by atoms with Gasteiger partial charge in [-0.05, 0) is 72.6 Å². The molecule has 3 aliphatic heterocycles. The van der Waals surface area contributed by atoms with E-state index in [-0.39, 0.29) is 54.9 Å². The summed E-state index contributed by atoms with van der Waals surface area (Å²) in [5.74, 6) is -0.133. The van der Waals surface area contributed by atoms with Gasteiger partial charge in [0.05, 0.1) is 52.1 Å². The average Bonchev–Trinajstić information content (AvgIpc) is 3.93. The fraction of sp³-hybridized carbons (Fsp3) is 0.420. The van der Waals surface area contributed by atoms with Crippen molar-refractivity contribution in [3.8, 4) is 27.4 Å². The molecule has 3 aromatic carbocycles. The van der Waals surface area contributed by atoms with Gasteiger partial charge in [0.15, 0.2) is 5.82 Å². The van der Waals surface area contributed by atoms with Gasteiger partial charge in [0.2, 0.25) is 23.6 Å². The molecule has 5 atom stereocenters. The maximum absolute atomic E-state index is 14.2. The number of aliphatic hydroxyl groups is 1. The summed E-state index contributed by atoms with van der Waals surface area (Å²) in [7, 11) is 0. The van der Waals surface area contributed by atoms with Crippen LogP contribution in [0.2, 0.25) is 0 Å². The predicted molar refractivity (Wildman–Crippen MR) is 255 cm³/mol. The minimum Gasteiger partial charge on any atom is -0.507 e. The van der Waals surface area contributed by atoms with Crippen LogP contribution in [0.25, 0.3) is 21.7 Å². The third-order valence-electron chi connectivity index (χ3n) is 12.9. The van der Waals surface area contributed by atoms with Gasteiger partial charge in [-0.2, -0.15) is 0 Å². The molecular weight excluding hydrogens is 855 g/mol. The van der Waals surface area contributed by atoms with E-state index in [9.17, 15) is 29.4 Å². The fourth-order valence-corrected chi connectivity index (χ4v) is 9.99. The number of nitrogens with zero attached hydrogens (tertiary/aromatic N) is 6. The number of phenols is 1. The van der Waals surface area contributed by atoms with Gasteiger partial charge < -0.3 is 40.9 Å². The number of phenolic OH excluding ortho intramolecular Hbond substituents is 1. The number of anilines is 2. The van der Waals surface area contributed by atoms with Gasteiger partial charge in [-0.15, -0.1) is 21.5 Å². The van der Waals surface area contributed by atoms with E-state index in [1.165, 1.54) is 4.90 Å². The normalized spacial score (nSPS) is 19.0. The first-order valence-electron chi connectivity index (χ1n) is 22.7. The van der Waals surface area contributed by atoms with Gasteiger partial charge in [0, 0.05) is 51.1 Å². The molecule has 0 saturated carbocycles. The Balaban J connectivity index is 0.805. The SMILES string of the molecule is Cc1ncsc1-c1ccc([C@H](C)NC(=O)[C@@H]2C[C@@H](O)CN2C(=O)[C@@H](NC(=O)Cc2ccc(CCCC(=O)N3CCN4c5cc(-c6ccccc6O)nnc5NC[C@H]4C3)cc2)C(C)(C)C)cc1. The molecule has 66 heavy (non-hydrogen) atoms. The number of hydrogen-bond acceptors (Lipinski definition) is 12. The van der Waals surface area contributed by atoms with Crippen molar-refractivity contribution in [3.63, 3.8) is 0 Å². The number of aliphatic hydroxyl groups excluding tert-OH is 1. The first kappa shape index (κ1) is 46.2. The number of aromatic nitrogens is 3. The molecule has 8 rings (SSSR count). The summed E-state index contributed by atoms with van der Waals surface area (Å²) in [6, 6.07) is 22.6. The minimum absolute atomic E-state index is 0.00698. The highest BCUT2D eigenvalue weighted by atomic mass is 32.1. The van der Waals surface area contributed by atoms with Crippen molar-refractivity contribution in [2.24, 2.45) is 5.41 Å². The van der Waals surface area contributed by atoms with Crippen LogP contribution in [0.1, 0.15) is 75.4 Å². The molecule has 16 heteroatoms. The lowest BCUT2D eigenvalue weighted by Crippen LogP contribution is -2.59. The number of aromatic hydroxyl groups is 1. The number of para-hydroxylation sites is 1. The van der Waals surface area contributed by atoms with Crippen molar-refractivity contribution in [2.45, 2.75) is 97.0 Å². The number of benzene rings is 3. The molecule has 0 bridgehead atoms. The summed E-state index contributed by atoms with van der Waals surface area (Å²) in [5.41, 5.74) is 8.02. The van der Waals surface area contributed by atoms with Gasteiger partial charge >= 0.3 is 0 Å². The van der Waals surface area contributed by atoms with Crippen LogP contribution in [0.15, 0.2) is 84.4 Å². The number of aryl methyl sites for hydroxylation is 2. The Bertz CT molecular complexity index is 2560. The topological polar surface area (TPSA) is 193 Å². The lowest BCUT2D eigenvalue weighted by Gasteiger charge is -2.45. The monoisotopic (exact) mass is 913 g/mol. The van der Waals surface area contributed by atoms with E-state index in [4.69, 9.17) is 0 Å². The summed E-state index contributed by atoms with van der Waals surface area (Å²) in [6.07, 6.45) is 1.10. The molecule has 0 radical (unpaired) electrons. The Morgan fingerprint density at radius 3 is 2.39 bits per heavy atom. The molecule has 4 amide bonds. The van der Waals surface area contributed by atoms with Crippen molar-refractivity contribution in [1.29, 1.82) is 0 Å². The number of fused-ring (bicyclic) bond motifs is 3. The van der Waals surface area contributed by atoms with E-state index in [1.54, 1.807) is 23.5 Å². The molecule has 2 saturated heterocycles. The maximum atomic E-state index is 14.2. The summed E-state index contributed by atoms with van der Waals surface area (Å²) in [5, 5.41) is 39.2. The van der Waals surface area contributed by atoms with Crippen LogP contribution in [-0.4, -0.2) is 116 Å². The number of β-amino-alcohol motifs (C(OH)–C–C–N with tert-alkyl or cyclic N) is 1. The molecule has 0 aliphatic carbocycles. The number of nitrogens with one attached hydrogen (secondary N) is 3. The molecule has 15 nitrogen and oxygen atoms in total. The van der Waals surface area contributed by atoms with Crippen LogP contribution in [0.5, 0.6) is 5.75 Å². The highest BCUT2D eigenvalue weighted by Gasteiger charge is 2.45. The maximum Gasteiger partial charge on any atom is 0.246 e. The van der Waals surface area contributed by atoms with E-state index >= 15 is 0 Å². The third-order valence-corrected chi connectivity index (χ3v) is 13.9. The van der Waals surface area contributed by atoms with Crippen molar-refractivity contribution in [3.05, 3.63) is 107 Å². The molecule has 2 aromatic heterocycles. The number of thiazole rings is 1. The highest BCUT2D eigenvalue weighted by Crippen LogP contribution is 2.36. The largest absolute Gasteiger partial charge is 0.507 e. The molecule has 5 aromatic rings. The van der Waals surface area contributed by atoms with Crippen molar-refractivity contribution >= 4 is 46.5 Å². The van der Waals surface area contributed by atoms with E-state index < -0.39 is 29.5 Å². The lowest BCUT2D eigenvalue weighted by molar-refractivity contribution is -0.144. The third kappa shape index (κ3) is 10.3. The zero-order chi connectivity index (χ0) is 46.7. The zero-order valence-corrected chi connectivity index (χ0v) is 39.0. The van der Waals surface area contributed by atoms with Gasteiger partial charge in [0.1, 0.15) is 17.8 Å². The summed E-state index contributed by atoms with van der Waals surface area (Å²) >= 11 is 1.58. The number of likely N-dealkylation sites (tertiary alicyclic amines) is 1. The first-order valence-corrected chi connectivity index (χ1v) is 23.6. The molecule has 5 heterocycles. The molecular formula is C50H59N9O6S. The summed E-state index contributed by atoms with van der Waals surface area (Å²) in [6.45, 7) is 12.0. The van der Waals surface area contributed by atoms with Crippen molar-refractivity contribution in [2.75, 3.05) is 42.9 Å². The number of hydrogen-bond donors (Lipinski definition) is 5. The van der Waals surface area contributed by atoms with E-state index in [0.29, 0.717) is 62.5 Å². The Kier molecular flexibility index (Phi) is 13.7. The standard InChI is InChI=1S/C50H59N9O6S/c1-30(34-17-19-35(20-18-34)45-31(2)52-29-66-45)53-48(64)41-24-37(60)28-59(41)49(65)46(50(3,4)5)54-43(62)23-33-15-13-32(14-16-33)9-8-12-44(63)57-21-22-58-36(27-57)26-51-47-40(58)25-39(55-56-47)38-10-6-7-11-42(38)61/h6-7,10-11,13-20,25,29-30,36-37,41,46,60-61H,8-9,12,21-24,26-28H2,1-5H3,(H,51,56)(H,53,64)(H,54,62)/t30-,36-,37+,41-,46+/m0/s1. The zero-order valence-electron chi connectivity index (χ0n) is 38.2. The molecule has 0 unspecified atom stereocenters. The Morgan fingerprint density at radius 1 is 0.939 bits per heavy atom. The Morgan fingerprint density at radius 2 is 1.68 bits per heavy atom. The summed E-state index contributed by atoms with van der Waals surface area (Å²) < 4.78 is 0. The van der Waals surface area contributed by atoms with Gasteiger partial charge in [-0.3, -0.25) is 19.2 Å². The van der Waals surface area contributed by atoms with E-state index in [2.05, 4.69) is 36.0 Å². The van der Waals surface area contributed by atoms with Crippen LogP contribution >= 0.6 is 11.3 Å². The van der Waals surface area contributed by atoms with Crippen LogP contribution in [0, 0.1) is 12.3 Å². The van der Waals surface area contributed by atoms with Crippen LogP contribution in [0.4, 0.5) is 11.5 Å². The number of piperazine rings is 1. The second-order valence-electron chi connectivity index (χ2n) is 18.8. The van der Waals surface area contributed by atoms with E-state index in [0.717, 1.165) is 38.5 Å². The molecule has 5 N–H and O–H groups in total. The van der Waals surface area contributed by atoms with Crippen molar-refractivity contribution in [1.82, 2.24) is 35.6 Å². The molecule has 346 valence electrons. The quantitative estimate of drug-likeness (QED) is 0.0980. The fourth-order valence-electron chi connectivity index (χ4n) is 9.18. The van der Waals surface area contributed by atoms with Crippen LogP contribution in [0.3, 0.4) is 0 Å². The predicted octanol–water partition coefficient (Wildman–Crippen LogP) is 5.66. The van der Waals surface area contributed by atoms with Crippen molar-refractivity contribution < 1.29 is 29.4 Å². The average molecular weight is 914 g/mol. The van der Waals surface area contributed by atoms with Gasteiger partial charge in [0.25, 0.3) is 0 Å². The number of rotatable bonds is 13. The highest BCUT2D eigenvalue weighted by molar-refractivity contribution is 7.13. The number of carbonyl (C=O) groups is 4. The van der Waals surface area contributed by atoms with Gasteiger partial charge in [-0.25, -0.2) is 4.98 Å². The smallest absolute Gasteiger partial charge is 0.246 e. The van der Waals surface area contributed by atoms with E-state index in [1.807, 2.05) is 112 Å². The Labute approximate surface area is 389 Å².